The highest BCUT2D eigenvalue weighted by Crippen LogP contribution is 2.30. The van der Waals surface area contributed by atoms with Crippen LogP contribution in [-0.4, -0.2) is 4.98 Å². The smallest absolute Gasteiger partial charge is 0.123 e. The van der Waals surface area contributed by atoms with Crippen molar-refractivity contribution in [3.05, 3.63) is 54.0 Å². The van der Waals surface area contributed by atoms with Gasteiger partial charge >= 0.3 is 0 Å². The van der Waals surface area contributed by atoms with Gasteiger partial charge in [-0.2, -0.15) is 0 Å². The second-order valence-electron chi connectivity index (χ2n) is 6.33. The zero-order chi connectivity index (χ0) is 16.1. The number of nitrogens with zero attached hydrogens (tertiary/aromatic N) is 1. The van der Waals surface area contributed by atoms with Crippen LogP contribution in [0.15, 0.2) is 42.6 Å². The molecule has 1 saturated carbocycles. The summed E-state index contributed by atoms with van der Waals surface area (Å²) >= 11 is 0. The maximum Gasteiger partial charge on any atom is 0.123 e. The molecular weight excluding hydrogens is 285 g/mol. The van der Waals surface area contributed by atoms with Crippen LogP contribution in [0.4, 0.5) is 4.39 Å². The molecule has 0 unspecified atom stereocenters. The summed E-state index contributed by atoms with van der Waals surface area (Å²) < 4.78 is 13.0. The lowest BCUT2D eigenvalue weighted by Crippen LogP contribution is -2.12. The van der Waals surface area contributed by atoms with Crippen LogP contribution in [0, 0.1) is 29.5 Å². The van der Waals surface area contributed by atoms with Crippen LogP contribution in [0.2, 0.25) is 0 Å². The highest BCUT2D eigenvalue weighted by Gasteiger charge is 2.17. The molecule has 1 fully saturated rings. The van der Waals surface area contributed by atoms with Gasteiger partial charge < -0.3 is 0 Å². The van der Waals surface area contributed by atoms with E-state index < -0.39 is 0 Å². The number of rotatable bonds is 2. The Morgan fingerprint density at radius 1 is 1.04 bits per heavy atom. The molecule has 0 aliphatic heterocycles. The monoisotopic (exact) mass is 307 g/mol. The Labute approximate surface area is 138 Å². The van der Waals surface area contributed by atoms with Crippen molar-refractivity contribution in [1.82, 2.24) is 4.98 Å². The van der Waals surface area contributed by atoms with Crippen molar-refractivity contribution in [3.63, 3.8) is 0 Å². The predicted molar refractivity (Wildman–Crippen MR) is 92.2 cm³/mol. The number of pyridine rings is 1. The summed E-state index contributed by atoms with van der Waals surface area (Å²) in [6.07, 6.45) is 8.20. The van der Waals surface area contributed by atoms with Crippen LogP contribution in [0.25, 0.3) is 11.3 Å². The van der Waals surface area contributed by atoms with E-state index in [9.17, 15) is 4.39 Å². The zero-order valence-corrected chi connectivity index (χ0v) is 13.6. The summed E-state index contributed by atoms with van der Waals surface area (Å²) in [5, 5.41) is 0. The van der Waals surface area contributed by atoms with Crippen LogP contribution >= 0.6 is 0 Å². The first-order chi connectivity index (χ1) is 11.2. The molecule has 1 aromatic carbocycles. The molecule has 1 aromatic heterocycles. The van der Waals surface area contributed by atoms with Crippen molar-refractivity contribution in [2.75, 3.05) is 0 Å². The van der Waals surface area contributed by atoms with Crippen molar-refractivity contribution in [1.29, 1.82) is 0 Å². The third-order valence-corrected chi connectivity index (χ3v) is 4.75. The number of halogens is 1. The summed E-state index contributed by atoms with van der Waals surface area (Å²) in [7, 11) is 0. The minimum absolute atomic E-state index is 0.228. The molecule has 0 atom stereocenters. The lowest BCUT2D eigenvalue weighted by atomic mass is 9.81. The van der Waals surface area contributed by atoms with Gasteiger partial charge in [-0.15, -0.1) is 0 Å². The van der Waals surface area contributed by atoms with Gasteiger partial charge in [0.25, 0.3) is 0 Å². The van der Waals surface area contributed by atoms with Crippen molar-refractivity contribution >= 4 is 0 Å². The third-order valence-electron chi connectivity index (χ3n) is 4.75. The predicted octanol–water partition coefficient (Wildman–Crippen LogP) is 5.46. The molecule has 2 aromatic rings. The van der Waals surface area contributed by atoms with Crippen LogP contribution in [0.3, 0.4) is 0 Å². The van der Waals surface area contributed by atoms with Gasteiger partial charge in [-0.25, -0.2) is 4.39 Å². The first-order valence-electron chi connectivity index (χ1n) is 8.48. The molecule has 0 bridgehead atoms. The van der Waals surface area contributed by atoms with Crippen molar-refractivity contribution < 1.29 is 4.39 Å². The summed E-state index contributed by atoms with van der Waals surface area (Å²) in [6.45, 7) is 2.28. The molecular formula is C21H22FN. The third kappa shape index (κ3) is 4.20. The Hall–Kier alpha value is -2.14. The van der Waals surface area contributed by atoms with Gasteiger partial charge in [-0.1, -0.05) is 25.2 Å². The Bertz CT molecular complexity index is 683. The van der Waals surface area contributed by atoms with E-state index >= 15 is 0 Å². The van der Waals surface area contributed by atoms with E-state index in [-0.39, 0.29) is 5.82 Å². The maximum atomic E-state index is 13.0. The summed E-state index contributed by atoms with van der Waals surface area (Å²) in [4.78, 5) is 4.44. The molecule has 1 nitrogen and oxygen atoms in total. The first-order valence-corrected chi connectivity index (χ1v) is 8.48. The fourth-order valence-corrected chi connectivity index (χ4v) is 3.16. The molecule has 2 heteroatoms. The van der Waals surface area contributed by atoms with Crippen molar-refractivity contribution in [2.45, 2.75) is 39.0 Å². The Kier molecular flexibility index (Phi) is 5.08. The molecule has 1 heterocycles. The SMILES string of the molecule is CC[C@H]1CC[C@H](C#Cc2ccc(-c3ccc(F)cc3)nc2)CC1. The largest absolute Gasteiger partial charge is 0.255 e. The summed E-state index contributed by atoms with van der Waals surface area (Å²) in [5.74, 6) is 7.89. The van der Waals surface area contributed by atoms with E-state index in [4.69, 9.17) is 0 Å². The van der Waals surface area contributed by atoms with Gasteiger partial charge in [0.05, 0.1) is 5.69 Å². The van der Waals surface area contributed by atoms with Crippen molar-refractivity contribution in [3.8, 4) is 23.1 Å². The van der Waals surface area contributed by atoms with Gasteiger partial charge in [0.2, 0.25) is 0 Å². The van der Waals surface area contributed by atoms with Crippen LogP contribution in [0.5, 0.6) is 0 Å². The molecule has 0 spiro atoms. The molecule has 3 rings (SSSR count). The standard InChI is InChI=1S/C21H22FN/c1-2-16-3-5-17(6-4-16)7-8-18-9-14-21(23-15-18)19-10-12-20(22)13-11-19/h9-17H,2-6H2,1H3/t16-,17-. The lowest BCUT2D eigenvalue weighted by molar-refractivity contribution is 0.309. The van der Waals surface area contributed by atoms with Gasteiger partial charge in [0.15, 0.2) is 0 Å². The molecule has 0 N–H and O–H groups in total. The van der Waals surface area contributed by atoms with Crippen LogP contribution in [-0.2, 0) is 0 Å². The van der Waals surface area contributed by atoms with Crippen molar-refractivity contribution in [2.24, 2.45) is 11.8 Å². The molecule has 1 aliphatic carbocycles. The first kappa shape index (κ1) is 15.7. The molecule has 0 amide bonds. The van der Waals surface area contributed by atoms with Gasteiger partial charge in [0.1, 0.15) is 5.82 Å². The minimum Gasteiger partial charge on any atom is -0.255 e. The normalized spacial score (nSPS) is 20.6. The Morgan fingerprint density at radius 2 is 1.78 bits per heavy atom. The minimum atomic E-state index is -0.228. The highest BCUT2D eigenvalue weighted by molar-refractivity contribution is 5.59. The number of hydrogen-bond acceptors (Lipinski definition) is 1. The quantitative estimate of drug-likeness (QED) is 0.672. The summed E-state index contributed by atoms with van der Waals surface area (Å²) in [5.41, 5.74) is 2.72. The number of hydrogen-bond donors (Lipinski definition) is 0. The van der Waals surface area contributed by atoms with Gasteiger partial charge in [-0.05, 0) is 68.0 Å². The zero-order valence-electron chi connectivity index (χ0n) is 13.6. The lowest BCUT2D eigenvalue weighted by Gasteiger charge is -2.24. The fourth-order valence-electron chi connectivity index (χ4n) is 3.16. The molecule has 1 aliphatic rings. The van der Waals surface area contributed by atoms with Crippen LogP contribution < -0.4 is 0 Å². The fraction of sp³-hybridized carbons (Fsp3) is 0.381. The Balaban J connectivity index is 1.64. The maximum absolute atomic E-state index is 13.0. The van der Waals surface area contributed by atoms with Gasteiger partial charge in [0, 0.05) is 23.2 Å². The molecule has 23 heavy (non-hydrogen) atoms. The van der Waals surface area contributed by atoms with E-state index in [2.05, 4.69) is 23.7 Å². The molecule has 0 radical (unpaired) electrons. The number of benzene rings is 1. The van der Waals surface area contributed by atoms with E-state index in [0.717, 1.165) is 22.7 Å². The second-order valence-corrected chi connectivity index (χ2v) is 6.33. The van der Waals surface area contributed by atoms with E-state index in [1.165, 1.54) is 44.2 Å². The topological polar surface area (TPSA) is 12.9 Å². The van der Waals surface area contributed by atoms with Gasteiger partial charge in [-0.3, -0.25) is 4.98 Å². The summed E-state index contributed by atoms with van der Waals surface area (Å²) in [6, 6.07) is 10.3. The van der Waals surface area contributed by atoms with E-state index in [1.54, 1.807) is 12.1 Å². The van der Waals surface area contributed by atoms with Crippen LogP contribution in [0.1, 0.15) is 44.6 Å². The molecule has 0 saturated heterocycles. The molecule has 118 valence electrons. The average Bonchev–Trinajstić information content (AvgIpc) is 2.61. The van der Waals surface area contributed by atoms with E-state index in [1.807, 2.05) is 18.3 Å². The highest BCUT2D eigenvalue weighted by atomic mass is 19.1. The Morgan fingerprint density at radius 3 is 2.39 bits per heavy atom. The van der Waals surface area contributed by atoms with E-state index in [0.29, 0.717) is 5.92 Å². The second kappa shape index (κ2) is 7.42. The average molecular weight is 307 g/mol. The number of aromatic nitrogens is 1.